The van der Waals surface area contributed by atoms with E-state index in [1.54, 1.807) is 4.90 Å². The van der Waals surface area contributed by atoms with Crippen LogP contribution in [0.25, 0.3) is 11.3 Å². The molecule has 0 radical (unpaired) electrons. The molecule has 0 spiro atoms. The van der Waals surface area contributed by atoms with E-state index in [1.165, 1.54) is 5.56 Å². The van der Waals surface area contributed by atoms with Gasteiger partial charge in [-0.3, -0.25) is 19.7 Å². The molecule has 1 aromatic carbocycles. The van der Waals surface area contributed by atoms with Crippen LogP contribution < -0.4 is 5.32 Å². The van der Waals surface area contributed by atoms with E-state index in [4.69, 9.17) is 0 Å². The molecule has 1 aromatic heterocycles. The summed E-state index contributed by atoms with van der Waals surface area (Å²) in [4.78, 5) is 55.4. The van der Waals surface area contributed by atoms with Crippen molar-refractivity contribution < 1.29 is 19.3 Å². The summed E-state index contributed by atoms with van der Waals surface area (Å²) in [5.41, 5.74) is 4.43. The minimum atomic E-state index is -1.98. The molecular weight excluding hydrogens is 439 g/mol. The van der Waals surface area contributed by atoms with Gasteiger partial charge >= 0.3 is 143 Å². The summed E-state index contributed by atoms with van der Waals surface area (Å²) in [6.07, 6.45) is 4.24. The monoisotopic (exact) mass is 468 g/mol. The molecule has 3 aliphatic heterocycles. The molecule has 0 bridgehead atoms. The number of imide groups is 1. The first-order chi connectivity index (χ1) is 15.8. The van der Waals surface area contributed by atoms with E-state index in [0.29, 0.717) is 18.5 Å². The normalized spacial score (nSPS) is 23.9. The van der Waals surface area contributed by atoms with Crippen molar-refractivity contribution in [1.29, 1.82) is 0 Å². The zero-order valence-electron chi connectivity index (χ0n) is 18.7. The van der Waals surface area contributed by atoms with Crippen molar-refractivity contribution in [3.8, 4) is 11.3 Å². The van der Waals surface area contributed by atoms with E-state index in [9.17, 15) is 19.3 Å². The fourth-order valence-corrected chi connectivity index (χ4v) is 6.76. The Balaban J connectivity index is 1.32. The number of fused-ring (bicyclic) bond motifs is 1. The standard InChI is InChI=1S/C24H29N4O4P/c1-33(32)10-8-27(9-11-33)14-16-6-7-25-20(12-16)17-2-3-19-18(13-17)15-28(24(19)31)21-4-5-22(29)26-23(21)30/h2-3,6-7,12-13,21,32-33H,4-5,8-11,14-15H2,1H3,(H,26,29,30). The number of nitrogens with zero attached hydrogens (tertiary/aromatic N) is 3. The number of aromatic nitrogens is 1. The van der Waals surface area contributed by atoms with Crippen LogP contribution in [0.4, 0.5) is 0 Å². The van der Waals surface area contributed by atoms with Crippen LogP contribution in [-0.4, -0.2) is 75.5 Å². The molecule has 9 heteroatoms. The predicted molar refractivity (Wildman–Crippen MR) is 127 cm³/mol. The van der Waals surface area contributed by atoms with Crippen LogP contribution in [0.3, 0.4) is 0 Å². The second-order valence-corrected chi connectivity index (χ2v) is 13.6. The average molecular weight is 468 g/mol. The molecule has 33 heavy (non-hydrogen) atoms. The molecule has 2 fully saturated rings. The first-order valence-electron chi connectivity index (χ1n) is 11.5. The summed E-state index contributed by atoms with van der Waals surface area (Å²) in [6.45, 7) is 5.06. The number of hydrogen-bond acceptors (Lipinski definition) is 6. The van der Waals surface area contributed by atoms with Crippen molar-refractivity contribution in [2.75, 3.05) is 32.1 Å². The fourth-order valence-electron chi connectivity index (χ4n) is 4.92. The van der Waals surface area contributed by atoms with Gasteiger partial charge in [0, 0.05) is 6.42 Å². The van der Waals surface area contributed by atoms with E-state index in [2.05, 4.69) is 21.3 Å². The molecule has 2 saturated heterocycles. The van der Waals surface area contributed by atoms with Gasteiger partial charge in [-0.2, -0.15) is 0 Å². The van der Waals surface area contributed by atoms with E-state index in [1.807, 2.05) is 37.1 Å². The van der Waals surface area contributed by atoms with Gasteiger partial charge in [0.15, 0.2) is 0 Å². The van der Waals surface area contributed by atoms with Crippen LogP contribution in [0.2, 0.25) is 0 Å². The molecule has 0 aliphatic carbocycles. The fraction of sp³-hybridized carbons (Fsp3) is 0.417. The van der Waals surface area contributed by atoms with E-state index < -0.39 is 19.4 Å². The molecule has 174 valence electrons. The number of benzene rings is 1. The van der Waals surface area contributed by atoms with Crippen LogP contribution in [0.15, 0.2) is 36.5 Å². The Bertz CT molecular complexity index is 1130. The molecule has 3 amide bonds. The van der Waals surface area contributed by atoms with Gasteiger partial charge in [0.1, 0.15) is 6.04 Å². The third-order valence-corrected chi connectivity index (χ3v) is 9.58. The first-order valence-corrected chi connectivity index (χ1v) is 14.3. The summed E-state index contributed by atoms with van der Waals surface area (Å²) < 4.78 is 0. The number of piperidine rings is 1. The van der Waals surface area contributed by atoms with Gasteiger partial charge < -0.3 is 0 Å². The summed E-state index contributed by atoms with van der Waals surface area (Å²) in [5.74, 6) is -0.855. The van der Waals surface area contributed by atoms with Gasteiger partial charge in [-0.25, -0.2) is 0 Å². The van der Waals surface area contributed by atoms with Gasteiger partial charge in [0.2, 0.25) is 11.8 Å². The van der Waals surface area contributed by atoms with E-state index >= 15 is 0 Å². The quantitative estimate of drug-likeness (QED) is 0.522. The average Bonchev–Trinajstić information content (AvgIpc) is 3.11. The summed E-state index contributed by atoms with van der Waals surface area (Å²) >= 11 is 0. The van der Waals surface area contributed by atoms with Crippen LogP contribution in [-0.2, 0) is 22.7 Å². The third kappa shape index (κ3) is 4.56. The molecule has 4 heterocycles. The zero-order chi connectivity index (χ0) is 23.2. The van der Waals surface area contributed by atoms with Crippen molar-refractivity contribution in [3.05, 3.63) is 53.2 Å². The molecule has 8 nitrogen and oxygen atoms in total. The van der Waals surface area contributed by atoms with Crippen molar-refractivity contribution in [2.45, 2.75) is 32.0 Å². The Kier molecular flexibility index (Phi) is 5.77. The van der Waals surface area contributed by atoms with Crippen molar-refractivity contribution in [3.63, 3.8) is 0 Å². The Labute approximate surface area is 193 Å². The molecule has 2 N–H and O–H groups in total. The maximum atomic E-state index is 12.9. The molecule has 0 saturated carbocycles. The second-order valence-electron chi connectivity index (χ2n) is 9.59. The summed E-state index contributed by atoms with van der Waals surface area (Å²) in [6, 6.07) is 9.19. The molecule has 1 unspecified atom stereocenters. The van der Waals surface area contributed by atoms with Gasteiger partial charge in [-0.15, -0.1) is 0 Å². The molecule has 5 rings (SSSR count). The molecule has 3 aliphatic rings. The van der Waals surface area contributed by atoms with Crippen LogP contribution in [0.5, 0.6) is 0 Å². The maximum absolute atomic E-state index is 12.9. The minimum absolute atomic E-state index is 0.169. The molecule has 1 atom stereocenters. The number of pyridine rings is 1. The van der Waals surface area contributed by atoms with Gasteiger partial charge in [-0.05, 0) is 6.42 Å². The second kappa shape index (κ2) is 8.60. The summed E-state index contributed by atoms with van der Waals surface area (Å²) in [7, 11) is -1.98. The number of hydrogen-bond donors (Lipinski definition) is 2. The number of rotatable bonds is 4. The summed E-state index contributed by atoms with van der Waals surface area (Å²) in [5, 5.41) is 2.34. The van der Waals surface area contributed by atoms with Crippen LogP contribution in [0.1, 0.15) is 34.3 Å². The van der Waals surface area contributed by atoms with Gasteiger partial charge in [-0.1, -0.05) is 0 Å². The first kappa shape index (κ1) is 22.1. The van der Waals surface area contributed by atoms with Crippen LogP contribution in [0, 0.1) is 0 Å². The van der Waals surface area contributed by atoms with E-state index in [0.717, 1.165) is 48.8 Å². The zero-order valence-corrected chi connectivity index (χ0v) is 19.7. The van der Waals surface area contributed by atoms with E-state index in [-0.39, 0.29) is 18.2 Å². The van der Waals surface area contributed by atoms with Crippen molar-refractivity contribution in [2.24, 2.45) is 0 Å². The van der Waals surface area contributed by atoms with Crippen molar-refractivity contribution in [1.82, 2.24) is 20.1 Å². The Hall–Kier alpha value is -2.67. The van der Waals surface area contributed by atoms with Crippen molar-refractivity contribution >= 4 is 25.2 Å². The Morgan fingerprint density at radius 3 is 2.70 bits per heavy atom. The number of nitrogens with one attached hydrogen (secondary N) is 1. The molecular formula is C24H29N4O4P. The number of amides is 3. The predicted octanol–water partition coefficient (Wildman–Crippen LogP) is 1.61. The van der Waals surface area contributed by atoms with Crippen LogP contribution >= 0.6 is 7.49 Å². The molecule has 2 aromatic rings. The number of carbonyl (C=O) groups is 3. The number of carbonyl (C=O) groups excluding carboxylic acids is 3. The third-order valence-electron chi connectivity index (χ3n) is 6.98. The SMILES string of the molecule is C[PH]1(O)CCN(Cc2ccnc(-c3ccc4c(c3)CN(C3CCC(=O)NC3=O)C4=O)c2)CC1. The van der Waals surface area contributed by atoms with Gasteiger partial charge in [0.25, 0.3) is 0 Å². The Morgan fingerprint density at radius 1 is 1.15 bits per heavy atom. The van der Waals surface area contributed by atoms with Gasteiger partial charge in [0.05, 0.1) is 0 Å². The topological polar surface area (TPSA) is 103 Å². The Morgan fingerprint density at radius 2 is 1.94 bits per heavy atom.